The van der Waals surface area contributed by atoms with E-state index in [1.54, 1.807) is 17.2 Å². The van der Waals surface area contributed by atoms with Crippen molar-refractivity contribution in [1.29, 1.82) is 0 Å². The molecule has 0 aliphatic carbocycles. The maximum atomic E-state index is 12.6. The number of benzene rings is 1. The molecule has 0 spiro atoms. The summed E-state index contributed by atoms with van der Waals surface area (Å²) in [6, 6.07) is 10.0. The lowest BCUT2D eigenvalue weighted by molar-refractivity contribution is 0.0302. The third-order valence-electron chi connectivity index (χ3n) is 5.11. The average Bonchev–Trinajstić information content (AvgIpc) is 3.17. The topological polar surface area (TPSA) is 72.3 Å². The minimum Gasteiger partial charge on any atom is -0.378 e. The van der Waals surface area contributed by atoms with Crippen LogP contribution in [0, 0.1) is 6.92 Å². The predicted octanol–water partition coefficient (Wildman–Crippen LogP) is 3.37. The fourth-order valence-corrected chi connectivity index (χ4v) is 3.66. The number of hydrogen-bond donors (Lipinski definition) is 1. The van der Waals surface area contributed by atoms with Crippen molar-refractivity contribution in [3.8, 4) is 0 Å². The Morgan fingerprint density at radius 2 is 2.00 bits per heavy atom. The number of rotatable bonds is 6. The van der Waals surface area contributed by atoms with Crippen molar-refractivity contribution in [2.75, 3.05) is 31.6 Å². The summed E-state index contributed by atoms with van der Waals surface area (Å²) >= 11 is 6.39. The van der Waals surface area contributed by atoms with Crippen molar-refractivity contribution in [3.05, 3.63) is 76.5 Å². The quantitative estimate of drug-likeness (QED) is 0.655. The zero-order valence-corrected chi connectivity index (χ0v) is 17.6. The first kappa shape index (κ1) is 20.4. The van der Waals surface area contributed by atoms with Gasteiger partial charge in [-0.1, -0.05) is 35.9 Å². The number of aryl methyl sites for hydroxylation is 1. The molecule has 3 heterocycles. The van der Waals surface area contributed by atoms with E-state index in [-0.39, 0.29) is 5.91 Å². The van der Waals surface area contributed by atoms with Crippen molar-refractivity contribution in [2.24, 2.45) is 0 Å². The van der Waals surface area contributed by atoms with Crippen molar-refractivity contribution in [1.82, 2.24) is 19.4 Å². The van der Waals surface area contributed by atoms with E-state index in [0.29, 0.717) is 49.3 Å². The number of nitrogens with one attached hydrogen (secondary N) is 1. The summed E-state index contributed by atoms with van der Waals surface area (Å²) in [4.78, 5) is 23.0. The van der Waals surface area contributed by atoms with E-state index in [2.05, 4.69) is 38.1 Å². The van der Waals surface area contributed by atoms with Crippen molar-refractivity contribution >= 4 is 23.3 Å². The van der Waals surface area contributed by atoms with E-state index in [9.17, 15) is 4.79 Å². The molecule has 1 fully saturated rings. The van der Waals surface area contributed by atoms with Crippen molar-refractivity contribution in [2.45, 2.75) is 20.0 Å². The Hall–Kier alpha value is -2.90. The molecule has 0 unspecified atom stereocenters. The lowest BCUT2D eigenvalue weighted by atomic mass is 10.1. The average molecular weight is 426 g/mol. The van der Waals surface area contributed by atoms with Crippen LogP contribution in [0.5, 0.6) is 0 Å². The van der Waals surface area contributed by atoms with E-state index >= 15 is 0 Å². The number of imidazole rings is 1. The number of anilines is 1. The minimum absolute atomic E-state index is 0.0678. The highest BCUT2D eigenvalue weighted by Gasteiger charge is 2.19. The second kappa shape index (κ2) is 9.28. The van der Waals surface area contributed by atoms with Crippen LogP contribution in [0.25, 0.3) is 0 Å². The molecule has 7 nitrogen and oxygen atoms in total. The molecule has 30 heavy (non-hydrogen) atoms. The highest BCUT2D eigenvalue weighted by Crippen LogP contribution is 2.22. The zero-order chi connectivity index (χ0) is 20.9. The molecule has 1 saturated heterocycles. The van der Waals surface area contributed by atoms with Crippen LogP contribution in [0.3, 0.4) is 0 Å². The standard InChI is InChI=1S/C22H24ClN5O2/c1-16-24-5-6-28(16)15-18-4-2-3-17(11-18)13-25-21-20(23)12-19(14-26-21)22(29)27-7-9-30-10-8-27/h2-6,11-12,14H,7-10,13,15H2,1H3,(H,25,26). The van der Waals surface area contributed by atoms with Gasteiger partial charge in [-0.15, -0.1) is 0 Å². The van der Waals surface area contributed by atoms with Gasteiger partial charge in [-0.05, 0) is 24.1 Å². The van der Waals surface area contributed by atoms with Crippen LogP contribution in [0.1, 0.15) is 27.3 Å². The molecule has 1 amide bonds. The van der Waals surface area contributed by atoms with Gasteiger partial charge in [0, 0.05) is 44.8 Å². The van der Waals surface area contributed by atoms with E-state index in [1.165, 1.54) is 5.56 Å². The summed E-state index contributed by atoms with van der Waals surface area (Å²) < 4.78 is 7.40. The molecule has 0 atom stereocenters. The molecule has 1 N–H and O–H groups in total. The maximum absolute atomic E-state index is 12.6. The van der Waals surface area contributed by atoms with Gasteiger partial charge in [0.2, 0.25) is 0 Å². The van der Waals surface area contributed by atoms with Crippen molar-refractivity contribution in [3.63, 3.8) is 0 Å². The molecule has 1 aliphatic heterocycles. The molecular formula is C22H24ClN5O2. The van der Waals surface area contributed by atoms with E-state index < -0.39 is 0 Å². The van der Waals surface area contributed by atoms with Gasteiger partial charge in [0.15, 0.2) is 0 Å². The van der Waals surface area contributed by atoms with Crippen LogP contribution in [-0.4, -0.2) is 51.6 Å². The summed E-state index contributed by atoms with van der Waals surface area (Å²) in [5, 5.41) is 3.70. The number of morpholine rings is 1. The fourth-order valence-electron chi connectivity index (χ4n) is 3.43. The van der Waals surface area contributed by atoms with Gasteiger partial charge in [0.05, 0.1) is 23.8 Å². The van der Waals surface area contributed by atoms with Gasteiger partial charge in [0.25, 0.3) is 5.91 Å². The monoisotopic (exact) mass is 425 g/mol. The van der Waals surface area contributed by atoms with E-state index in [0.717, 1.165) is 17.9 Å². The van der Waals surface area contributed by atoms with Gasteiger partial charge < -0.3 is 19.5 Å². The lowest BCUT2D eigenvalue weighted by Gasteiger charge is -2.26. The predicted molar refractivity (Wildman–Crippen MR) is 116 cm³/mol. The largest absolute Gasteiger partial charge is 0.378 e. The Morgan fingerprint density at radius 1 is 1.20 bits per heavy atom. The minimum atomic E-state index is -0.0678. The van der Waals surface area contributed by atoms with Crippen LogP contribution in [-0.2, 0) is 17.8 Å². The summed E-state index contributed by atoms with van der Waals surface area (Å²) in [6.07, 6.45) is 5.36. The fraction of sp³-hybridized carbons (Fsp3) is 0.318. The number of carbonyl (C=O) groups excluding carboxylic acids is 1. The number of amides is 1. The van der Waals surface area contributed by atoms with Gasteiger partial charge in [0.1, 0.15) is 11.6 Å². The second-order valence-electron chi connectivity index (χ2n) is 7.23. The lowest BCUT2D eigenvalue weighted by Crippen LogP contribution is -2.40. The first-order valence-electron chi connectivity index (χ1n) is 9.92. The molecule has 0 saturated carbocycles. The number of carbonyl (C=O) groups is 1. The van der Waals surface area contributed by atoms with Gasteiger partial charge in [-0.25, -0.2) is 9.97 Å². The van der Waals surface area contributed by atoms with Gasteiger partial charge in [-0.2, -0.15) is 0 Å². The molecular weight excluding hydrogens is 402 g/mol. The number of ether oxygens (including phenoxy) is 1. The van der Waals surface area contributed by atoms with Gasteiger partial charge >= 0.3 is 0 Å². The number of aromatic nitrogens is 3. The Kier molecular flexibility index (Phi) is 6.30. The maximum Gasteiger partial charge on any atom is 0.255 e. The van der Waals surface area contributed by atoms with Gasteiger partial charge in [-0.3, -0.25) is 4.79 Å². The zero-order valence-electron chi connectivity index (χ0n) is 16.8. The Bertz CT molecular complexity index is 1030. The molecule has 3 aromatic rings. The van der Waals surface area contributed by atoms with Crippen LogP contribution >= 0.6 is 11.6 Å². The molecule has 4 rings (SSSR count). The molecule has 8 heteroatoms. The SMILES string of the molecule is Cc1nccn1Cc1cccc(CNc2ncc(C(=O)N3CCOCC3)cc2Cl)c1. The van der Waals surface area contributed by atoms with Crippen LogP contribution in [0.2, 0.25) is 5.02 Å². The number of nitrogens with zero attached hydrogens (tertiary/aromatic N) is 4. The van der Waals surface area contributed by atoms with E-state index in [4.69, 9.17) is 16.3 Å². The first-order chi connectivity index (χ1) is 14.6. The Labute approximate surface area is 180 Å². The molecule has 0 bridgehead atoms. The summed E-state index contributed by atoms with van der Waals surface area (Å²) in [5.41, 5.74) is 2.81. The van der Waals surface area contributed by atoms with Crippen LogP contribution in [0.15, 0.2) is 48.9 Å². The third-order valence-corrected chi connectivity index (χ3v) is 5.40. The number of halogens is 1. The molecule has 1 aliphatic rings. The van der Waals surface area contributed by atoms with Crippen LogP contribution < -0.4 is 5.32 Å². The molecule has 2 aromatic heterocycles. The Morgan fingerprint density at radius 3 is 2.73 bits per heavy atom. The number of hydrogen-bond acceptors (Lipinski definition) is 5. The molecule has 1 aromatic carbocycles. The Balaban J connectivity index is 1.39. The number of pyridine rings is 1. The third kappa shape index (κ3) is 4.80. The highest BCUT2D eigenvalue weighted by atomic mass is 35.5. The smallest absolute Gasteiger partial charge is 0.255 e. The summed E-state index contributed by atoms with van der Waals surface area (Å²) in [6.45, 7) is 5.65. The van der Waals surface area contributed by atoms with Crippen molar-refractivity contribution < 1.29 is 9.53 Å². The highest BCUT2D eigenvalue weighted by molar-refractivity contribution is 6.33. The summed E-state index contributed by atoms with van der Waals surface area (Å²) in [7, 11) is 0. The molecule has 0 radical (unpaired) electrons. The van der Waals surface area contributed by atoms with Crippen LogP contribution in [0.4, 0.5) is 5.82 Å². The van der Waals surface area contributed by atoms with E-state index in [1.807, 2.05) is 25.4 Å². The molecule has 156 valence electrons. The first-order valence-corrected chi connectivity index (χ1v) is 10.3. The second-order valence-corrected chi connectivity index (χ2v) is 7.64. The normalized spacial score (nSPS) is 14.0. The summed E-state index contributed by atoms with van der Waals surface area (Å²) in [5.74, 6) is 1.48.